The molecule has 144 valence electrons. The van der Waals surface area contributed by atoms with Crippen molar-refractivity contribution in [1.29, 1.82) is 0 Å². The number of carbonyl (C=O) groups is 1. The number of hydrogen-bond donors (Lipinski definition) is 0. The molecule has 0 saturated heterocycles. The molecule has 1 heterocycles. The summed E-state index contributed by atoms with van der Waals surface area (Å²) in [6, 6.07) is 15.8. The summed E-state index contributed by atoms with van der Waals surface area (Å²) in [6.45, 7) is 1.80. The standard InChI is InChI=1S/C22H17BrF3NO/c1-14-12-17(10-11-27-14)21(28)13-20(16-4-8-19(23)9-5-16)15-2-6-18(7-3-15)22(24,25)26/h2-12,20H,13H2,1H3. The van der Waals surface area contributed by atoms with Gasteiger partial charge in [0.15, 0.2) is 5.78 Å². The highest BCUT2D eigenvalue weighted by Gasteiger charge is 2.30. The molecule has 0 amide bonds. The van der Waals surface area contributed by atoms with Crippen molar-refractivity contribution in [3.63, 3.8) is 0 Å². The molecule has 0 bridgehead atoms. The zero-order valence-corrected chi connectivity index (χ0v) is 16.6. The third-order valence-corrected chi connectivity index (χ3v) is 5.05. The van der Waals surface area contributed by atoms with E-state index in [0.29, 0.717) is 11.1 Å². The number of ketones is 1. The topological polar surface area (TPSA) is 30.0 Å². The largest absolute Gasteiger partial charge is 0.416 e. The van der Waals surface area contributed by atoms with Crippen molar-refractivity contribution >= 4 is 21.7 Å². The van der Waals surface area contributed by atoms with Crippen molar-refractivity contribution < 1.29 is 18.0 Å². The lowest BCUT2D eigenvalue weighted by atomic mass is 9.85. The number of hydrogen-bond acceptors (Lipinski definition) is 2. The number of nitrogens with zero attached hydrogens (tertiary/aromatic N) is 1. The van der Waals surface area contributed by atoms with Gasteiger partial charge >= 0.3 is 6.18 Å². The van der Waals surface area contributed by atoms with Crippen LogP contribution in [0.1, 0.15) is 45.1 Å². The molecule has 0 fully saturated rings. The third-order valence-electron chi connectivity index (χ3n) is 4.52. The van der Waals surface area contributed by atoms with E-state index in [1.807, 2.05) is 24.3 Å². The van der Waals surface area contributed by atoms with Crippen LogP contribution in [0, 0.1) is 6.92 Å². The van der Waals surface area contributed by atoms with Gasteiger partial charge in [-0.15, -0.1) is 0 Å². The predicted molar refractivity (Wildman–Crippen MR) is 105 cm³/mol. The van der Waals surface area contributed by atoms with Crippen molar-refractivity contribution in [3.8, 4) is 0 Å². The smallest absolute Gasteiger partial charge is 0.294 e. The molecule has 3 aromatic rings. The zero-order chi connectivity index (χ0) is 20.3. The predicted octanol–water partition coefficient (Wildman–Crippen LogP) is 6.58. The second-order valence-corrected chi connectivity index (χ2v) is 7.45. The number of rotatable bonds is 5. The van der Waals surface area contributed by atoms with Gasteiger partial charge in [0.2, 0.25) is 0 Å². The fourth-order valence-corrected chi connectivity index (χ4v) is 3.31. The summed E-state index contributed by atoms with van der Waals surface area (Å²) in [7, 11) is 0. The van der Waals surface area contributed by atoms with Gasteiger partial charge in [-0.25, -0.2) is 0 Å². The number of aryl methyl sites for hydroxylation is 1. The van der Waals surface area contributed by atoms with Gasteiger partial charge in [0.1, 0.15) is 0 Å². The molecule has 1 aromatic heterocycles. The van der Waals surface area contributed by atoms with E-state index in [1.54, 1.807) is 25.3 Å². The Morgan fingerprint density at radius 2 is 1.57 bits per heavy atom. The molecule has 28 heavy (non-hydrogen) atoms. The minimum atomic E-state index is -4.39. The summed E-state index contributed by atoms with van der Waals surface area (Å²) < 4.78 is 39.6. The summed E-state index contributed by atoms with van der Waals surface area (Å²) in [4.78, 5) is 16.9. The van der Waals surface area contributed by atoms with E-state index in [2.05, 4.69) is 20.9 Å². The Morgan fingerprint density at radius 3 is 2.11 bits per heavy atom. The first-order valence-corrected chi connectivity index (χ1v) is 9.42. The van der Waals surface area contributed by atoms with Crippen LogP contribution in [0.2, 0.25) is 0 Å². The maximum absolute atomic E-state index is 12.9. The number of carbonyl (C=O) groups excluding carboxylic acids is 1. The van der Waals surface area contributed by atoms with E-state index in [0.717, 1.165) is 27.9 Å². The molecule has 0 saturated carbocycles. The lowest BCUT2D eigenvalue weighted by Gasteiger charge is -2.19. The van der Waals surface area contributed by atoms with Crippen LogP contribution in [0.25, 0.3) is 0 Å². The number of aromatic nitrogens is 1. The van der Waals surface area contributed by atoms with Gasteiger partial charge in [-0.2, -0.15) is 13.2 Å². The molecule has 0 aliphatic rings. The monoisotopic (exact) mass is 447 g/mol. The first-order valence-electron chi connectivity index (χ1n) is 8.62. The van der Waals surface area contributed by atoms with Crippen LogP contribution in [0.15, 0.2) is 71.3 Å². The van der Waals surface area contributed by atoms with Gasteiger partial charge in [-0.3, -0.25) is 9.78 Å². The molecule has 1 unspecified atom stereocenters. The fraction of sp³-hybridized carbons (Fsp3) is 0.182. The van der Waals surface area contributed by atoms with Crippen molar-refractivity contribution in [2.75, 3.05) is 0 Å². The minimum absolute atomic E-state index is 0.0849. The van der Waals surface area contributed by atoms with Crippen LogP contribution in [-0.2, 0) is 6.18 Å². The van der Waals surface area contributed by atoms with Gasteiger partial charge in [0.05, 0.1) is 5.56 Å². The molecule has 1 atom stereocenters. The second-order valence-electron chi connectivity index (χ2n) is 6.54. The van der Waals surface area contributed by atoms with Gasteiger partial charge in [0, 0.05) is 34.3 Å². The lowest BCUT2D eigenvalue weighted by Crippen LogP contribution is -2.11. The average Bonchev–Trinajstić information content (AvgIpc) is 2.66. The van der Waals surface area contributed by atoms with E-state index in [4.69, 9.17) is 0 Å². The maximum Gasteiger partial charge on any atom is 0.416 e. The molecule has 0 radical (unpaired) electrons. The van der Waals surface area contributed by atoms with E-state index < -0.39 is 11.7 Å². The Hall–Kier alpha value is -2.47. The summed E-state index contributed by atoms with van der Waals surface area (Å²) in [5.41, 5.74) is 2.10. The number of Topliss-reactive ketones (excluding diaryl/α,β-unsaturated/α-hetero) is 1. The van der Waals surface area contributed by atoms with Crippen LogP contribution in [0.3, 0.4) is 0 Å². The molecule has 2 aromatic carbocycles. The maximum atomic E-state index is 12.9. The van der Waals surface area contributed by atoms with E-state index in [9.17, 15) is 18.0 Å². The second kappa shape index (κ2) is 8.27. The lowest BCUT2D eigenvalue weighted by molar-refractivity contribution is -0.137. The van der Waals surface area contributed by atoms with Crippen LogP contribution >= 0.6 is 15.9 Å². The van der Waals surface area contributed by atoms with Crippen LogP contribution in [-0.4, -0.2) is 10.8 Å². The first kappa shape index (κ1) is 20.3. The molecule has 0 spiro atoms. The van der Waals surface area contributed by atoms with Crippen molar-refractivity contribution in [2.45, 2.75) is 25.4 Å². The quantitative estimate of drug-likeness (QED) is 0.413. The Balaban J connectivity index is 1.95. The summed E-state index contributed by atoms with van der Waals surface area (Å²) in [6.07, 6.45) is -2.66. The highest BCUT2D eigenvalue weighted by molar-refractivity contribution is 9.10. The molecule has 0 aliphatic heterocycles. The van der Waals surface area contributed by atoms with Gasteiger partial charge in [-0.1, -0.05) is 40.2 Å². The molecule has 3 rings (SSSR count). The highest BCUT2D eigenvalue weighted by atomic mass is 79.9. The molecule has 2 nitrogen and oxygen atoms in total. The number of benzene rings is 2. The number of pyridine rings is 1. The van der Waals surface area contributed by atoms with Crippen LogP contribution in [0.5, 0.6) is 0 Å². The third kappa shape index (κ3) is 4.87. The van der Waals surface area contributed by atoms with Gasteiger partial charge in [-0.05, 0) is 54.4 Å². The van der Waals surface area contributed by atoms with E-state index >= 15 is 0 Å². The zero-order valence-electron chi connectivity index (χ0n) is 15.0. The van der Waals surface area contributed by atoms with Crippen LogP contribution < -0.4 is 0 Å². The van der Waals surface area contributed by atoms with Crippen LogP contribution in [0.4, 0.5) is 13.2 Å². The Labute approximate surface area is 169 Å². The Kier molecular flexibility index (Phi) is 5.98. The van der Waals surface area contributed by atoms with Gasteiger partial charge in [0.25, 0.3) is 0 Å². The molecule has 6 heteroatoms. The van der Waals surface area contributed by atoms with Crippen molar-refractivity contribution in [3.05, 3.63) is 99.3 Å². The summed E-state index contributed by atoms with van der Waals surface area (Å²) >= 11 is 3.38. The highest BCUT2D eigenvalue weighted by Crippen LogP contribution is 2.34. The Morgan fingerprint density at radius 1 is 1.00 bits per heavy atom. The minimum Gasteiger partial charge on any atom is -0.294 e. The van der Waals surface area contributed by atoms with Crippen molar-refractivity contribution in [2.24, 2.45) is 0 Å². The Bertz CT molecular complexity index is 966. The van der Waals surface area contributed by atoms with E-state index in [1.165, 1.54) is 12.1 Å². The first-order chi connectivity index (χ1) is 13.2. The molecular formula is C22H17BrF3NO. The molecule has 0 N–H and O–H groups in total. The fourth-order valence-electron chi connectivity index (χ4n) is 3.05. The number of halogens is 4. The average molecular weight is 448 g/mol. The number of alkyl halides is 3. The summed E-state index contributed by atoms with van der Waals surface area (Å²) in [5, 5.41) is 0. The summed E-state index contributed by atoms with van der Waals surface area (Å²) in [5.74, 6) is -0.435. The SMILES string of the molecule is Cc1cc(C(=O)CC(c2ccc(Br)cc2)c2ccc(C(F)(F)F)cc2)ccn1. The van der Waals surface area contributed by atoms with Gasteiger partial charge < -0.3 is 0 Å². The normalized spacial score (nSPS) is 12.6. The molecule has 0 aliphatic carbocycles. The van der Waals surface area contributed by atoms with E-state index in [-0.39, 0.29) is 18.1 Å². The van der Waals surface area contributed by atoms with Crippen molar-refractivity contribution in [1.82, 2.24) is 4.98 Å². The molecular weight excluding hydrogens is 431 g/mol.